The molecule has 2 aliphatic carbocycles. The highest BCUT2D eigenvalue weighted by atomic mass is 16.4. The number of carboxylic acid groups (broad SMARTS) is 1. The van der Waals surface area contributed by atoms with Gasteiger partial charge in [-0.2, -0.15) is 4.98 Å². The summed E-state index contributed by atoms with van der Waals surface area (Å²) in [5.74, 6) is 2.24. The normalized spacial score (nSPS) is 22.8. The van der Waals surface area contributed by atoms with E-state index in [0.29, 0.717) is 18.5 Å². The molecule has 0 atom stereocenters. The quantitative estimate of drug-likeness (QED) is 0.759. The molecule has 2 aliphatic rings. The number of hydrogen-bond acceptors (Lipinski definition) is 5. The van der Waals surface area contributed by atoms with Crippen molar-refractivity contribution < 1.29 is 9.90 Å². The van der Waals surface area contributed by atoms with Crippen molar-refractivity contribution in [2.45, 2.75) is 57.4 Å². The van der Waals surface area contributed by atoms with E-state index in [1.807, 2.05) is 14.1 Å². The number of fused-ring (bicyclic) bond motifs is 1. The van der Waals surface area contributed by atoms with E-state index in [0.717, 1.165) is 50.3 Å². The van der Waals surface area contributed by atoms with Gasteiger partial charge in [0.15, 0.2) is 0 Å². The molecular weight excluding hydrogens is 318 g/mol. The molecule has 0 spiro atoms. The van der Waals surface area contributed by atoms with E-state index < -0.39 is 6.09 Å². The van der Waals surface area contributed by atoms with Crippen LogP contribution < -0.4 is 15.5 Å². The number of anilines is 2. The second-order valence-electron chi connectivity index (χ2n) is 7.45. The molecule has 1 saturated carbocycles. The first-order chi connectivity index (χ1) is 12.0. The van der Waals surface area contributed by atoms with Gasteiger partial charge < -0.3 is 20.6 Å². The smallest absolute Gasteiger partial charge is 0.404 e. The number of nitrogens with zero attached hydrogens (tertiary/aromatic N) is 3. The highest BCUT2D eigenvalue weighted by molar-refractivity contribution is 5.64. The molecule has 0 radical (unpaired) electrons. The van der Waals surface area contributed by atoms with Gasteiger partial charge in [0.25, 0.3) is 0 Å². The molecule has 138 valence electrons. The summed E-state index contributed by atoms with van der Waals surface area (Å²) in [6.45, 7) is 0.558. The molecule has 1 heterocycles. The fourth-order valence-electron chi connectivity index (χ4n) is 3.93. The van der Waals surface area contributed by atoms with Crippen molar-refractivity contribution in [2.75, 3.05) is 30.9 Å². The van der Waals surface area contributed by atoms with Gasteiger partial charge in [-0.3, -0.25) is 0 Å². The Balaban J connectivity index is 1.62. The van der Waals surface area contributed by atoms with Gasteiger partial charge in [-0.15, -0.1) is 0 Å². The Hall–Kier alpha value is -2.05. The molecule has 1 fully saturated rings. The highest BCUT2D eigenvalue weighted by Gasteiger charge is 2.24. The zero-order chi connectivity index (χ0) is 17.8. The minimum absolute atomic E-state index is 0.373. The topological polar surface area (TPSA) is 90.4 Å². The average Bonchev–Trinajstić information content (AvgIpc) is 2.60. The first-order valence-corrected chi connectivity index (χ1v) is 9.33. The number of carbonyl (C=O) groups is 1. The molecule has 3 N–H and O–H groups in total. The Morgan fingerprint density at radius 1 is 1.16 bits per heavy atom. The molecular formula is C18H29N5O2. The third kappa shape index (κ3) is 4.52. The van der Waals surface area contributed by atoms with Gasteiger partial charge >= 0.3 is 6.09 Å². The number of nitrogens with one attached hydrogen (secondary N) is 2. The number of hydrogen-bond donors (Lipinski definition) is 3. The van der Waals surface area contributed by atoms with E-state index in [9.17, 15) is 4.79 Å². The Labute approximate surface area is 149 Å². The molecule has 0 aliphatic heterocycles. The fourth-order valence-corrected chi connectivity index (χ4v) is 3.93. The summed E-state index contributed by atoms with van der Waals surface area (Å²) in [7, 11) is 4.09. The Bertz CT molecular complexity index is 612. The van der Waals surface area contributed by atoms with Gasteiger partial charge in [-0.05, 0) is 57.3 Å². The highest BCUT2D eigenvalue weighted by Crippen LogP contribution is 2.30. The van der Waals surface area contributed by atoms with E-state index >= 15 is 0 Å². The maximum atomic E-state index is 10.6. The minimum Gasteiger partial charge on any atom is -0.465 e. The molecule has 1 aromatic heterocycles. The Morgan fingerprint density at radius 3 is 2.56 bits per heavy atom. The van der Waals surface area contributed by atoms with Crippen LogP contribution in [0.4, 0.5) is 16.6 Å². The summed E-state index contributed by atoms with van der Waals surface area (Å²) in [5, 5.41) is 14.7. The summed E-state index contributed by atoms with van der Waals surface area (Å²) in [5.41, 5.74) is 2.51. The lowest BCUT2D eigenvalue weighted by molar-refractivity contribution is 0.190. The largest absolute Gasteiger partial charge is 0.465 e. The number of rotatable bonds is 5. The van der Waals surface area contributed by atoms with Crippen molar-refractivity contribution in [3.8, 4) is 0 Å². The van der Waals surface area contributed by atoms with E-state index in [4.69, 9.17) is 15.1 Å². The van der Waals surface area contributed by atoms with Crippen LogP contribution in [0.1, 0.15) is 49.8 Å². The second kappa shape index (κ2) is 7.89. The van der Waals surface area contributed by atoms with Gasteiger partial charge in [-0.1, -0.05) is 0 Å². The van der Waals surface area contributed by atoms with Gasteiger partial charge in [0.1, 0.15) is 5.82 Å². The Morgan fingerprint density at radius 2 is 1.88 bits per heavy atom. The SMILES string of the molecule is CN(C)c1nc(N[C@H]2CC[C@@H](CNC(=O)O)CC2)nc2c1CCCC2. The molecule has 0 unspecified atom stereocenters. The molecule has 25 heavy (non-hydrogen) atoms. The number of aromatic nitrogens is 2. The monoisotopic (exact) mass is 347 g/mol. The minimum atomic E-state index is -0.932. The van der Waals surface area contributed by atoms with Crippen LogP contribution in [0, 0.1) is 5.92 Å². The van der Waals surface area contributed by atoms with Crippen molar-refractivity contribution in [1.29, 1.82) is 0 Å². The standard InChI is InChI=1S/C18H29N5O2/c1-23(2)16-14-5-3-4-6-15(14)21-17(22-16)20-13-9-7-12(8-10-13)11-19-18(24)25/h12-13,19H,3-11H2,1-2H3,(H,24,25)(H,20,21,22)/t12-,13+. The third-order valence-electron chi connectivity index (χ3n) is 5.31. The summed E-state index contributed by atoms with van der Waals surface area (Å²) in [4.78, 5) is 22.3. The van der Waals surface area contributed by atoms with Crippen molar-refractivity contribution in [3.05, 3.63) is 11.3 Å². The summed E-state index contributed by atoms with van der Waals surface area (Å²) >= 11 is 0. The van der Waals surface area contributed by atoms with Gasteiger partial charge in [0.05, 0.1) is 5.69 Å². The van der Waals surface area contributed by atoms with Crippen LogP contribution in [0.25, 0.3) is 0 Å². The molecule has 0 aromatic carbocycles. The molecule has 7 heteroatoms. The summed E-state index contributed by atoms with van der Waals surface area (Å²) in [6, 6.07) is 0.373. The molecule has 3 rings (SSSR count). The van der Waals surface area contributed by atoms with Crippen LogP contribution in [0.3, 0.4) is 0 Å². The van der Waals surface area contributed by atoms with E-state index in [2.05, 4.69) is 15.5 Å². The first kappa shape index (κ1) is 17.8. The molecule has 0 saturated heterocycles. The van der Waals surface area contributed by atoms with Crippen LogP contribution in [0.2, 0.25) is 0 Å². The number of aryl methyl sites for hydroxylation is 1. The van der Waals surface area contributed by atoms with Gasteiger partial charge in [0, 0.05) is 32.2 Å². The maximum Gasteiger partial charge on any atom is 0.404 e. The van der Waals surface area contributed by atoms with Crippen LogP contribution in [-0.4, -0.2) is 47.8 Å². The summed E-state index contributed by atoms with van der Waals surface area (Å²) < 4.78 is 0. The van der Waals surface area contributed by atoms with Crippen molar-refractivity contribution in [2.24, 2.45) is 5.92 Å². The molecule has 0 bridgehead atoms. The lowest BCUT2D eigenvalue weighted by Crippen LogP contribution is -2.33. The second-order valence-corrected chi connectivity index (χ2v) is 7.45. The van der Waals surface area contributed by atoms with Crippen LogP contribution in [-0.2, 0) is 12.8 Å². The predicted molar refractivity (Wildman–Crippen MR) is 98.4 cm³/mol. The van der Waals surface area contributed by atoms with Crippen molar-refractivity contribution in [1.82, 2.24) is 15.3 Å². The molecule has 1 amide bonds. The predicted octanol–water partition coefficient (Wildman–Crippen LogP) is 2.66. The molecule has 7 nitrogen and oxygen atoms in total. The van der Waals surface area contributed by atoms with Gasteiger partial charge in [0.2, 0.25) is 5.95 Å². The Kier molecular flexibility index (Phi) is 5.60. The summed E-state index contributed by atoms with van der Waals surface area (Å²) in [6.07, 6.45) is 7.74. The first-order valence-electron chi connectivity index (χ1n) is 9.33. The van der Waals surface area contributed by atoms with Gasteiger partial charge in [-0.25, -0.2) is 9.78 Å². The zero-order valence-electron chi connectivity index (χ0n) is 15.2. The van der Waals surface area contributed by atoms with Crippen molar-refractivity contribution >= 4 is 17.9 Å². The van der Waals surface area contributed by atoms with E-state index in [1.54, 1.807) is 0 Å². The van der Waals surface area contributed by atoms with E-state index in [-0.39, 0.29) is 0 Å². The molecule has 1 aromatic rings. The number of amides is 1. The lowest BCUT2D eigenvalue weighted by Gasteiger charge is -2.30. The average molecular weight is 347 g/mol. The van der Waals surface area contributed by atoms with Crippen LogP contribution in [0.5, 0.6) is 0 Å². The lowest BCUT2D eigenvalue weighted by atomic mass is 9.86. The zero-order valence-corrected chi connectivity index (χ0v) is 15.2. The fraction of sp³-hybridized carbons (Fsp3) is 0.722. The van der Waals surface area contributed by atoms with Crippen LogP contribution in [0.15, 0.2) is 0 Å². The van der Waals surface area contributed by atoms with Crippen molar-refractivity contribution in [3.63, 3.8) is 0 Å². The van der Waals surface area contributed by atoms with E-state index in [1.165, 1.54) is 24.1 Å². The maximum absolute atomic E-state index is 10.6. The van der Waals surface area contributed by atoms with Crippen LogP contribution >= 0.6 is 0 Å². The third-order valence-corrected chi connectivity index (χ3v) is 5.31.